The number of nitrogens with zero attached hydrogens (tertiary/aromatic N) is 3. The number of hydrogen-bond donors (Lipinski definition) is 1. The van der Waals surface area contributed by atoms with Gasteiger partial charge in [-0.2, -0.15) is 13.2 Å². The Hall–Kier alpha value is -1.90. The first-order valence-electron chi connectivity index (χ1n) is 7.34. The Labute approximate surface area is 132 Å². The molecule has 0 radical (unpaired) electrons. The van der Waals surface area contributed by atoms with Crippen molar-refractivity contribution < 1.29 is 22.7 Å². The molecule has 6 nitrogen and oxygen atoms in total. The van der Waals surface area contributed by atoms with Crippen LogP contribution in [0.2, 0.25) is 0 Å². The van der Waals surface area contributed by atoms with Gasteiger partial charge in [0, 0.05) is 26.2 Å². The highest BCUT2D eigenvalue weighted by Crippen LogP contribution is 2.27. The number of carbonyl (C=O) groups excluding carboxylic acids is 1. The van der Waals surface area contributed by atoms with Crippen LogP contribution in [-0.4, -0.2) is 53.9 Å². The van der Waals surface area contributed by atoms with E-state index in [0.717, 1.165) is 6.07 Å². The predicted octanol–water partition coefficient (Wildman–Crippen LogP) is 1.93. The molecule has 1 N–H and O–H groups in total. The number of rotatable bonds is 5. The summed E-state index contributed by atoms with van der Waals surface area (Å²) in [5.74, 6) is 0.363. The zero-order valence-corrected chi connectivity index (χ0v) is 12.8. The van der Waals surface area contributed by atoms with E-state index in [9.17, 15) is 18.0 Å². The van der Waals surface area contributed by atoms with Crippen molar-refractivity contribution in [2.75, 3.05) is 32.1 Å². The zero-order chi connectivity index (χ0) is 16.9. The van der Waals surface area contributed by atoms with Crippen LogP contribution >= 0.6 is 0 Å². The molecule has 2 heterocycles. The van der Waals surface area contributed by atoms with E-state index in [1.165, 1.54) is 6.07 Å². The van der Waals surface area contributed by atoms with Gasteiger partial charge in [-0.15, -0.1) is 10.2 Å². The number of likely N-dealkylation sites (tertiary alicyclic amines) is 1. The van der Waals surface area contributed by atoms with Crippen molar-refractivity contribution >= 4 is 11.7 Å². The highest BCUT2D eigenvalue weighted by Gasteiger charge is 2.33. The summed E-state index contributed by atoms with van der Waals surface area (Å²) in [6.07, 6.45) is -2.71. The van der Waals surface area contributed by atoms with Crippen LogP contribution in [0.4, 0.5) is 19.0 Å². The molecular weight excluding hydrogens is 313 g/mol. The molecule has 1 saturated heterocycles. The molecule has 1 amide bonds. The minimum atomic E-state index is -4.49. The minimum Gasteiger partial charge on any atom is -0.384 e. The van der Waals surface area contributed by atoms with Crippen LogP contribution in [0, 0.1) is 0 Å². The normalized spacial score (nSPS) is 16.4. The smallest absolute Gasteiger partial charge is 0.384 e. The summed E-state index contributed by atoms with van der Waals surface area (Å²) in [5.41, 5.74) is -1.01. The molecule has 23 heavy (non-hydrogen) atoms. The molecule has 0 aromatic carbocycles. The van der Waals surface area contributed by atoms with Gasteiger partial charge < -0.3 is 15.0 Å². The first-order chi connectivity index (χ1) is 10.9. The van der Waals surface area contributed by atoms with Crippen LogP contribution in [0.5, 0.6) is 0 Å². The summed E-state index contributed by atoms with van der Waals surface area (Å²) in [7, 11) is 1.55. The standard InChI is InChI=1S/C14H19F3N4O2/c1-23-9-6-13(22)21-7-4-10(5-8-21)18-12-3-2-11(19-20-12)14(15,16)17/h2-3,10H,4-9H2,1H3,(H,18,20). The van der Waals surface area contributed by atoms with Crippen molar-refractivity contribution in [2.45, 2.75) is 31.5 Å². The summed E-state index contributed by atoms with van der Waals surface area (Å²) < 4.78 is 42.1. The largest absolute Gasteiger partial charge is 0.435 e. The van der Waals surface area contributed by atoms with Crippen LogP contribution in [0.1, 0.15) is 25.0 Å². The fourth-order valence-corrected chi connectivity index (χ4v) is 2.39. The third kappa shape index (κ3) is 5.05. The third-order valence-electron chi connectivity index (χ3n) is 3.67. The van der Waals surface area contributed by atoms with Gasteiger partial charge in [0.2, 0.25) is 5.91 Å². The Bertz CT molecular complexity index is 514. The highest BCUT2D eigenvalue weighted by molar-refractivity contribution is 5.76. The van der Waals surface area contributed by atoms with E-state index in [0.29, 0.717) is 44.8 Å². The van der Waals surface area contributed by atoms with Crippen molar-refractivity contribution in [3.8, 4) is 0 Å². The van der Waals surface area contributed by atoms with Gasteiger partial charge >= 0.3 is 6.18 Å². The lowest BCUT2D eigenvalue weighted by molar-refractivity contribution is -0.141. The van der Waals surface area contributed by atoms with Crippen molar-refractivity contribution in [3.63, 3.8) is 0 Å². The maximum absolute atomic E-state index is 12.4. The van der Waals surface area contributed by atoms with Gasteiger partial charge in [0.25, 0.3) is 0 Å². The molecule has 0 saturated carbocycles. The van der Waals surface area contributed by atoms with Crippen molar-refractivity contribution in [1.29, 1.82) is 0 Å². The molecule has 1 aromatic rings. The van der Waals surface area contributed by atoms with Crippen molar-refractivity contribution in [3.05, 3.63) is 17.8 Å². The quantitative estimate of drug-likeness (QED) is 0.892. The number of ether oxygens (including phenoxy) is 1. The molecule has 0 bridgehead atoms. The van der Waals surface area contributed by atoms with E-state index in [1.807, 2.05) is 0 Å². The Balaban J connectivity index is 1.81. The fourth-order valence-electron chi connectivity index (χ4n) is 2.39. The Morgan fingerprint density at radius 1 is 1.35 bits per heavy atom. The van der Waals surface area contributed by atoms with Gasteiger partial charge in [-0.1, -0.05) is 0 Å². The Morgan fingerprint density at radius 2 is 2.04 bits per heavy atom. The molecule has 1 aliphatic rings. The van der Waals surface area contributed by atoms with E-state index in [2.05, 4.69) is 15.5 Å². The Kier molecular flexibility index (Phi) is 5.75. The minimum absolute atomic E-state index is 0.0552. The Morgan fingerprint density at radius 3 is 2.57 bits per heavy atom. The van der Waals surface area contributed by atoms with E-state index in [-0.39, 0.29) is 11.9 Å². The van der Waals surface area contributed by atoms with Gasteiger partial charge in [-0.25, -0.2) is 0 Å². The second-order valence-corrected chi connectivity index (χ2v) is 5.34. The average Bonchev–Trinajstić information content (AvgIpc) is 2.53. The molecule has 1 aliphatic heterocycles. The number of amides is 1. The van der Waals surface area contributed by atoms with Crippen molar-refractivity contribution in [1.82, 2.24) is 15.1 Å². The molecule has 0 unspecified atom stereocenters. The van der Waals surface area contributed by atoms with Crippen LogP contribution in [0.25, 0.3) is 0 Å². The molecule has 0 aliphatic carbocycles. The number of aromatic nitrogens is 2. The fraction of sp³-hybridized carbons (Fsp3) is 0.643. The monoisotopic (exact) mass is 332 g/mol. The lowest BCUT2D eigenvalue weighted by Gasteiger charge is -2.32. The number of nitrogens with one attached hydrogen (secondary N) is 1. The second-order valence-electron chi connectivity index (χ2n) is 5.34. The van der Waals surface area contributed by atoms with Gasteiger partial charge in [0.1, 0.15) is 5.82 Å². The van der Waals surface area contributed by atoms with E-state index in [1.54, 1.807) is 12.0 Å². The third-order valence-corrected chi connectivity index (χ3v) is 3.67. The van der Waals surface area contributed by atoms with Crippen LogP contribution in [-0.2, 0) is 15.7 Å². The van der Waals surface area contributed by atoms with E-state index in [4.69, 9.17) is 4.74 Å². The molecule has 128 valence electrons. The van der Waals surface area contributed by atoms with Crippen LogP contribution < -0.4 is 5.32 Å². The molecule has 2 rings (SSSR count). The van der Waals surface area contributed by atoms with Crippen LogP contribution in [0.3, 0.4) is 0 Å². The topological polar surface area (TPSA) is 67.3 Å². The van der Waals surface area contributed by atoms with Gasteiger partial charge in [0.05, 0.1) is 13.0 Å². The molecular formula is C14H19F3N4O2. The first kappa shape index (κ1) is 17.5. The van der Waals surface area contributed by atoms with Crippen LogP contribution in [0.15, 0.2) is 12.1 Å². The zero-order valence-electron chi connectivity index (χ0n) is 12.8. The average molecular weight is 332 g/mol. The molecule has 0 atom stereocenters. The molecule has 9 heteroatoms. The number of carbonyl (C=O) groups is 1. The van der Waals surface area contributed by atoms with Gasteiger partial charge in [-0.05, 0) is 25.0 Å². The predicted molar refractivity (Wildman–Crippen MR) is 76.8 cm³/mol. The number of halogens is 3. The van der Waals surface area contributed by atoms with Crippen molar-refractivity contribution in [2.24, 2.45) is 0 Å². The number of hydrogen-bond acceptors (Lipinski definition) is 5. The summed E-state index contributed by atoms with van der Waals surface area (Å²) in [4.78, 5) is 13.6. The first-order valence-corrected chi connectivity index (χ1v) is 7.34. The van der Waals surface area contributed by atoms with Gasteiger partial charge in [0.15, 0.2) is 5.69 Å². The van der Waals surface area contributed by atoms with Gasteiger partial charge in [-0.3, -0.25) is 4.79 Å². The number of alkyl halides is 3. The summed E-state index contributed by atoms with van der Waals surface area (Å²) >= 11 is 0. The highest BCUT2D eigenvalue weighted by atomic mass is 19.4. The maximum atomic E-state index is 12.4. The number of anilines is 1. The SMILES string of the molecule is COCCC(=O)N1CCC(Nc2ccc(C(F)(F)F)nn2)CC1. The molecule has 1 aromatic heterocycles. The molecule has 1 fully saturated rings. The van der Waals surface area contributed by atoms with E-state index >= 15 is 0 Å². The summed E-state index contributed by atoms with van der Waals surface area (Å²) in [6.45, 7) is 1.61. The van der Waals surface area contributed by atoms with E-state index < -0.39 is 11.9 Å². The lowest BCUT2D eigenvalue weighted by Crippen LogP contribution is -2.42. The second kappa shape index (κ2) is 7.58. The summed E-state index contributed by atoms with van der Waals surface area (Å²) in [6, 6.07) is 2.23. The maximum Gasteiger partial charge on any atom is 0.435 e. The number of piperidine rings is 1. The summed E-state index contributed by atoms with van der Waals surface area (Å²) in [5, 5.41) is 9.79. The lowest BCUT2D eigenvalue weighted by atomic mass is 10.0. The molecule has 0 spiro atoms. The number of methoxy groups -OCH3 is 1.